The number of hydrogen-bond acceptors (Lipinski definition) is 6. The lowest BCUT2D eigenvalue weighted by Crippen LogP contribution is -2.39. The predicted molar refractivity (Wildman–Crippen MR) is 113 cm³/mol. The minimum absolute atomic E-state index is 0.117. The Hall–Kier alpha value is -1.50. The molecule has 1 fully saturated rings. The van der Waals surface area contributed by atoms with E-state index in [1.54, 1.807) is 24.3 Å². The van der Waals surface area contributed by atoms with Crippen molar-refractivity contribution in [3.63, 3.8) is 0 Å². The zero-order chi connectivity index (χ0) is 20.9. The maximum atomic E-state index is 11.3. The molecule has 8 nitrogen and oxygen atoms in total. The second-order valence-electron chi connectivity index (χ2n) is 6.37. The van der Waals surface area contributed by atoms with E-state index in [-0.39, 0.29) is 15.8 Å². The van der Waals surface area contributed by atoms with E-state index in [0.29, 0.717) is 4.47 Å². The van der Waals surface area contributed by atoms with Crippen LogP contribution < -0.4 is 20.9 Å². The highest BCUT2D eigenvalue weighted by atomic mass is 79.9. The Balaban J connectivity index is 0.000000221. The van der Waals surface area contributed by atoms with Gasteiger partial charge in [-0.15, -0.1) is 0 Å². The molecule has 0 atom stereocenters. The summed E-state index contributed by atoms with van der Waals surface area (Å²) in [6, 6.07) is 13.2. The topological polar surface area (TPSA) is 150 Å². The standard InChI is InChI=1S/C11H17N3O2S.C6H6BrNO2S/c12-9-4-6-14(7-5-9)10-2-1-3-11(8-10)17(13,15)16;7-5-2-1-3-6(4-5)11(8,9)10/h1-3,8-9H,4-7,12H2,(H2,13,15,16);1-4H,(H2,8,9,10). The molecular weight excluding hydrogens is 468 g/mol. The van der Waals surface area contributed by atoms with Gasteiger partial charge in [-0.25, -0.2) is 27.1 Å². The molecular formula is C17H23BrN4O4S2. The second kappa shape index (κ2) is 9.33. The fourth-order valence-electron chi connectivity index (χ4n) is 2.66. The van der Waals surface area contributed by atoms with Crippen LogP contribution in [0.3, 0.4) is 0 Å². The monoisotopic (exact) mass is 490 g/mol. The minimum atomic E-state index is -3.63. The average molecular weight is 491 g/mol. The fourth-order valence-corrected chi connectivity index (χ4v) is 4.32. The SMILES string of the molecule is NC1CCN(c2cccc(S(N)(=O)=O)c2)CC1.NS(=O)(=O)c1cccc(Br)c1. The summed E-state index contributed by atoms with van der Waals surface area (Å²) >= 11 is 3.13. The van der Waals surface area contributed by atoms with Gasteiger partial charge in [0.05, 0.1) is 9.79 Å². The van der Waals surface area contributed by atoms with E-state index in [9.17, 15) is 16.8 Å². The summed E-state index contributed by atoms with van der Waals surface area (Å²) in [6.07, 6.45) is 1.86. The van der Waals surface area contributed by atoms with Crippen molar-refractivity contribution in [2.45, 2.75) is 28.7 Å². The molecule has 0 aromatic heterocycles. The van der Waals surface area contributed by atoms with Gasteiger partial charge in [0, 0.05) is 29.3 Å². The summed E-state index contributed by atoms with van der Waals surface area (Å²) in [5, 5.41) is 9.99. The van der Waals surface area contributed by atoms with Gasteiger partial charge < -0.3 is 10.6 Å². The van der Waals surface area contributed by atoms with Crippen molar-refractivity contribution in [2.75, 3.05) is 18.0 Å². The zero-order valence-electron chi connectivity index (χ0n) is 15.0. The summed E-state index contributed by atoms with van der Waals surface area (Å²) < 4.78 is 44.7. The number of halogens is 1. The van der Waals surface area contributed by atoms with E-state index >= 15 is 0 Å². The maximum Gasteiger partial charge on any atom is 0.238 e. The van der Waals surface area contributed by atoms with Crippen LogP contribution in [0.5, 0.6) is 0 Å². The molecule has 154 valence electrons. The molecule has 0 radical (unpaired) electrons. The van der Waals surface area contributed by atoms with Gasteiger partial charge in [0.1, 0.15) is 0 Å². The number of rotatable bonds is 3. The van der Waals surface area contributed by atoms with Crippen molar-refractivity contribution in [3.8, 4) is 0 Å². The number of primary sulfonamides is 2. The van der Waals surface area contributed by atoms with Gasteiger partial charge in [0.15, 0.2) is 0 Å². The van der Waals surface area contributed by atoms with Crippen molar-refractivity contribution in [3.05, 3.63) is 53.0 Å². The lowest BCUT2D eigenvalue weighted by molar-refractivity contribution is 0.501. The van der Waals surface area contributed by atoms with Crippen molar-refractivity contribution in [2.24, 2.45) is 16.0 Å². The Labute approximate surface area is 173 Å². The molecule has 0 amide bonds. The first-order chi connectivity index (χ1) is 13.0. The van der Waals surface area contributed by atoms with Crippen LogP contribution in [0, 0.1) is 0 Å². The zero-order valence-corrected chi connectivity index (χ0v) is 18.3. The van der Waals surface area contributed by atoms with E-state index in [0.717, 1.165) is 31.6 Å². The van der Waals surface area contributed by atoms with E-state index in [2.05, 4.69) is 20.8 Å². The summed E-state index contributed by atoms with van der Waals surface area (Å²) in [5.41, 5.74) is 6.72. The summed E-state index contributed by atoms with van der Waals surface area (Å²) in [5.74, 6) is 0. The molecule has 6 N–H and O–H groups in total. The first-order valence-electron chi connectivity index (χ1n) is 8.38. The van der Waals surface area contributed by atoms with Gasteiger partial charge in [0.2, 0.25) is 20.0 Å². The van der Waals surface area contributed by atoms with Gasteiger partial charge in [-0.05, 0) is 49.2 Å². The molecule has 1 aliphatic heterocycles. The molecule has 11 heteroatoms. The number of piperidine rings is 1. The number of sulfonamides is 2. The Morgan fingerprint density at radius 1 is 0.857 bits per heavy atom. The van der Waals surface area contributed by atoms with E-state index < -0.39 is 20.0 Å². The maximum absolute atomic E-state index is 11.3. The van der Waals surface area contributed by atoms with Crippen LogP contribution in [0.15, 0.2) is 62.8 Å². The number of anilines is 1. The predicted octanol–water partition coefficient (Wildman–Crippen LogP) is 1.36. The molecule has 3 rings (SSSR count). The Bertz CT molecular complexity index is 1020. The number of nitrogens with two attached hydrogens (primary N) is 3. The van der Waals surface area contributed by atoms with Crippen LogP contribution in [0.1, 0.15) is 12.8 Å². The molecule has 1 saturated heterocycles. The second-order valence-corrected chi connectivity index (χ2v) is 10.4. The largest absolute Gasteiger partial charge is 0.371 e. The normalized spacial score (nSPS) is 15.6. The van der Waals surface area contributed by atoms with Crippen molar-refractivity contribution < 1.29 is 16.8 Å². The molecule has 2 aromatic carbocycles. The third-order valence-electron chi connectivity index (χ3n) is 4.18. The van der Waals surface area contributed by atoms with E-state index in [4.69, 9.17) is 16.0 Å². The molecule has 28 heavy (non-hydrogen) atoms. The number of hydrogen-bond donors (Lipinski definition) is 3. The molecule has 0 saturated carbocycles. The lowest BCUT2D eigenvalue weighted by atomic mass is 10.1. The van der Waals surface area contributed by atoms with E-state index in [1.165, 1.54) is 18.2 Å². The average Bonchev–Trinajstić information content (AvgIpc) is 2.62. The molecule has 0 unspecified atom stereocenters. The number of benzene rings is 2. The highest BCUT2D eigenvalue weighted by Gasteiger charge is 2.17. The van der Waals surface area contributed by atoms with Gasteiger partial charge in [-0.2, -0.15) is 0 Å². The van der Waals surface area contributed by atoms with Crippen LogP contribution in [0.4, 0.5) is 5.69 Å². The minimum Gasteiger partial charge on any atom is -0.371 e. The van der Waals surface area contributed by atoms with Gasteiger partial charge >= 0.3 is 0 Å². The van der Waals surface area contributed by atoms with Crippen molar-refractivity contribution in [1.82, 2.24) is 0 Å². The van der Waals surface area contributed by atoms with Gasteiger partial charge in [0.25, 0.3) is 0 Å². The van der Waals surface area contributed by atoms with E-state index in [1.807, 2.05) is 6.07 Å². The summed E-state index contributed by atoms with van der Waals surface area (Å²) in [4.78, 5) is 2.41. The van der Waals surface area contributed by atoms with Crippen LogP contribution in [0.2, 0.25) is 0 Å². The lowest BCUT2D eigenvalue weighted by Gasteiger charge is -2.32. The highest BCUT2D eigenvalue weighted by Crippen LogP contribution is 2.22. The quantitative estimate of drug-likeness (QED) is 0.590. The van der Waals surface area contributed by atoms with Gasteiger partial charge in [-0.1, -0.05) is 28.1 Å². The summed E-state index contributed by atoms with van der Waals surface area (Å²) in [6.45, 7) is 1.71. The first kappa shape index (κ1) is 22.8. The Morgan fingerprint density at radius 3 is 1.82 bits per heavy atom. The van der Waals surface area contributed by atoms with Crippen LogP contribution in [-0.4, -0.2) is 36.0 Å². The number of nitrogens with zero attached hydrogens (tertiary/aromatic N) is 1. The highest BCUT2D eigenvalue weighted by molar-refractivity contribution is 9.10. The van der Waals surface area contributed by atoms with Gasteiger partial charge in [-0.3, -0.25) is 0 Å². The van der Waals surface area contributed by atoms with Crippen molar-refractivity contribution >= 4 is 41.7 Å². The fraction of sp³-hybridized carbons (Fsp3) is 0.294. The smallest absolute Gasteiger partial charge is 0.238 e. The molecule has 0 spiro atoms. The molecule has 0 aliphatic carbocycles. The molecule has 0 bridgehead atoms. The van der Waals surface area contributed by atoms with Crippen molar-refractivity contribution in [1.29, 1.82) is 0 Å². The Kier molecular flexibility index (Phi) is 7.59. The molecule has 1 aliphatic rings. The van der Waals surface area contributed by atoms with Crippen LogP contribution >= 0.6 is 15.9 Å². The van der Waals surface area contributed by atoms with Crippen LogP contribution in [-0.2, 0) is 20.0 Å². The Morgan fingerprint density at radius 2 is 1.36 bits per heavy atom. The third-order valence-corrected chi connectivity index (χ3v) is 6.49. The first-order valence-corrected chi connectivity index (χ1v) is 12.3. The molecule has 1 heterocycles. The third kappa shape index (κ3) is 6.83. The summed E-state index contributed by atoms with van der Waals surface area (Å²) in [7, 11) is -7.18. The van der Waals surface area contributed by atoms with Crippen LogP contribution in [0.25, 0.3) is 0 Å². The molecule has 2 aromatic rings.